The first-order chi connectivity index (χ1) is 15.7. The molecule has 0 fully saturated rings. The van der Waals surface area contributed by atoms with Gasteiger partial charge in [-0.25, -0.2) is 4.79 Å². The Hall–Kier alpha value is -2.69. The van der Waals surface area contributed by atoms with Gasteiger partial charge < -0.3 is 10.1 Å². The fourth-order valence-electron chi connectivity index (χ4n) is 3.61. The molecule has 0 spiro atoms. The molecule has 0 aliphatic rings. The summed E-state index contributed by atoms with van der Waals surface area (Å²) in [5, 5.41) is 2.90. The van der Waals surface area contributed by atoms with E-state index in [1.165, 1.54) is 51.4 Å². The van der Waals surface area contributed by atoms with Gasteiger partial charge in [-0.3, -0.25) is 4.79 Å². The summed E-state index contributed by atoms with van der Waals surface area (Å²) in [7, 11) is 0. The van der Waals surface area contributed by atoms with Crippen LogP contribution in [0.4, 0.5) is 0 Å². The summed E-state index contributed by atoms with van der Waals surface area (Å²) in [6, 6.07) is 13.3. The van der Waals surface area contributed by atoms with Crippen molar-refractivity contribution in [1.82, 2.24) is 5.32 Å². The van der Waals surface area contributed by atoms with Gasteiger partial charge in [0.15, 0.2) is 12.4 Å². The average Bonchev–Trinajstić information content (AvgIpc) is 2.82. The summed E-state index contributed by atoms with van der Waals surface area (Å²) < 4.78 is 7.06. The molecule has 0 aliphatic carbocycles. The lowest BCUT2D eigenvalue weighted by atomic mass is 10.1. The van der Waals surface area contributed by atoms with E-state index in [-0.39, 0.29) is 18.4 Å². The van der Waals surface area contributed by atoms with Crippen LogP contribution in [0, 0.1) is 0 Å². The van der Waals surface area contributed by atoms with Crippen LogP contribution in [-0.4, -0.2) is 18.5 Å². The molecule has 0 saturated heterocycles. The van der Waals surface area contributed by atoms with Crippen LogP contribution in [0.3, 0.4) is 0 Å². The normalized spacial score (nSPS) is 10.7. The summed E-state index contributed by atoms with van der Waals surface area (Å²) in [6.45, 7) is 3.29. The first-order valence-corrected chi connectivity index (χ1v) is 12.2. The second-order valence-electron chi connectivity index (χ2n) is 8.34. The standard InChI is InChI=1S/C27H38N2O3/c1-2-3-4-5-6-7-8-9-10-14-20-32-26(30)23-29-19-15-18-25(22-29)27(31)28-21-24-16-12-11-13-17-24/h11-13,15-19,22H,2-10,14,20-21,23H2,1H3/p+1. The summed E-state index contributed by atoms with van der Waals surface area (Å²) in [6.07, 6.45) is 16.0. The van der Waals surface area contributed by atoms with Crippen LogP contribution < -0.4 is 9.88 Å². The molecule has 0 saturated carbocycles. The van der Waals surface area contributed by atoms with Crippen molar-refractivity contribution in [3.8, 4) is 0 Å². The Bertz CT molecular complexity index is 792. The fourth-order valence-corrected chi connectivity index (χ4v) is 3.61. The highest BCUT2D eigenvalue weighted by Gasteiger charge is 2.14. The first-order valence-electron chi connectivity index (χ1n) is 12.2. The third-order valence-electron chi connectivity index (χ3n) is 5.49. The topological polar surface area (TPSA) is 59.3 Å². The molecule has 0 bridgehead atoms. The minimum atomic E-state index is -0.271. The molecule has 1 N–H and O–H groups in total. The largest absolute Gasteiger partial charge is 0.461 e. The van der Waals surface area contributed by atoms with Gasteiger partial charge in [0.2, 0.25) is 6.54 Å². The van der Waals surface area contributed by atoms with E-state index in [1.54, 1.807) is 29.1 Å². The highest BCUT2D eigenvalue weighted by molar-refractivity contribution is 5.93. The maximum atomic E-state index is 12.4. The van der Waals surface area contributed by atoms with E-state index in [0.29, 0.717) is 18.7 Å². The maximum Gasteiger partial charge on any atom is 0.372 e. The van der Waals surface area contributed by atoms with Gasteiger partial charge in [-0.05, 0) is 18.1 Å². The number of rotatable bonds is 16. The van der Waals surface area contributed by atoms with Gasteiger partial charge in [0.1, 0.15) is 5.56 Å². The second-order valence-corrected chi connectivity index (χ2v) is 8.34. The van der Waals surface area contributed by atoms with E-state index in [2.05, 4.69) is 12.2 Å². The molecule has 2 aromatic rings. The lowest BCUT2D eigenvalue weighted by Gasteiger charge is -2.06. The van der Waals surface area contributed by atoms with Gasteiger partial charge in [0.25, 0.3) is 5.91 Å². The number of esters is 1. The van der Waals surface area contributed by atoms with Crippen LogP contribution in [0.2, 0.25) is 0 Å². The van der Waals surface area contributed by atoms with Crippen molar-refractivity contribution in [2.24, 2.45) is 0 Å². The summed E-state index contributed by atoms with van der Waals surface area (Å²) >= 11 is 0. The molecule has 1 heterocycles. The summed E-state index contributed by atoms with van der Waals surface area (Å²) in [4.78, 5) is 24.5. The SMILES string of the molecule is CCCCCCCCCCCCOC(=O)C[n+]1cccc(C(=O)NCc2ccccc2)c1. The van der Waals surface area contributed by atoms with Crippen LogP contribution in [0.5, 0.6) is 0 Å². The van der Waals surface area contributed by atoms with E-state index >= 15 is 0 Å². The van der Waals surface area contributed by atoms with Crippen molar-refractivity contribution in [2.45, 2.75) is 84.2 Å². The quantitative estimate of drug-likeness (QED) is 0.217. The van der Waals surface area contributed by atoms with Gasteiger partial charge >= 0.3 is 5.97 Å². The third-order valence-corrected chi connectivity index (χ3v) is 5.49. The number of aromatic nitrogens is 1. The van der Waals surface area contributed by atoms with Gasteiger partial charge in [0, 0.05) is 12.6 Å². The molecule has 1 aromatic heterocycles. The predicted molar refractivity (Wildman–Crippen MR) is 127 cm³/mol. The smallest absolute Gasteiger partial charge is 0.372 e. The highest BCUT2D eigenvalue weighted by Crippen LogP contribution is 2.10. The number of hydrogen-bond donors (Lipinski definition) is 1. The number of amides is 1. The Labute approximate surface area is 193 Å². The molecule has 32 heavy (non-hydrogen) atoms. The van der Waals surface area contributed by atoms with Crippen molar-refractivity contribution in [1.29, 1.82) is 0 Å². The number of carbonyl (C=O) groups excluding carboxylic acids is 2. The zero-order valence-electron chi connectivity index (χ0n) is 19.6. The molecule has 0 radical (unpaired) electrons. The molecule has 5 nitrogen and oxygen atoms in total. The van der Waals surface area contributed by atoms with Gasteiger partial charge in [-0.15, -0.1) is 0 Å². The van der Waals surface area contributed by atoms with Crippen molar-refractivity contribution in [2.75, 3.05) is 6.61 Å². The minimum absolute atomic E-state index is 0.109. The molecular formula is C27H39N2O3+. The van der Waals surface area contributed by atoms with Crippen LogP contribution in [0.15, 0.2) is 54.9 Å². The fraction of sp³-hybridized carbons (Fsp3) is 0.519. The van der Waals surface area contributed by atoms with Crippen molar-refractivity contribution >= 4 is 11.9 Å². The zero-order chi connectivity index (χ0) is 22.9. The number of hydrogen-bond acceptors (Lipinski definition) is 3. The van der Waals surface area contributed by atoms with E-state index in [9.17, 15) is 9.59 Å². The number of carbonyl (C=O) groups is 2. The molecule has 0 unspecified atom stereocenters. The third kappa shape index (κ3) is 11.1. The molecule has 1 aromatic carbocycles. The van der Waals surface area contributed by atoms with Crippen LogP contribution in [0.25, 0.3) is 0 Å². The molecule has 2 rings (SSSR count). The number of benzene rings is 1. The first kappa shape index (κ1) is 25.6. The Kier molecular flexibility index (Phi) is 12.8. The van der Waals surface area contributed by atoms with E-state index < -0.39 is 0 Å². The van der Waals surface area contributed by atoms with Gasteiger partial charge in [0.05, 0.1) is 6.61 Å². The maximum absolute atomic E-state index is 12.4. The minimum Gasteiger partial charge on any atom is -0.461 e. The van der Waals surface area contributed by atoms with Crippen LogP contribution in [0.1, 0.15) is 87.1 Å². The van der Waals surface area contributed by atoms with E-state index in [1.807, 2.05) is 30.3 Å². The lowest BCUT2D eigenvalue weighted by Crippen LogP contribution is -2.39. The Morgan fingerprint density at radius 2 is 1.50 bits per heavy atom. The van der Waals surface area contributed by atoms with Crippen molar-refractivity contribution in [3.05, 3.63) is 66.0 Å². The predicted octanol–water partition coefficient (Wildman–Crippen LogP) is 5.37. The molecule has 174 valence electrons. The summed E-state index contributed by atoms with van der Waals surface area (Å²) in [5.74, 6) is -0.435. The zero-order valence-corrected chi connectivity index (χ0v) is 19.6. The van der Waals surface area contributed by atoms with Crippen LogP contribution in [-0.2, 0) is 22.6 Å². The summed E-state index contributed by atoms with van der Waals surface area (Å²) in [5.41, 5.74) is 1.56. The highest BCUT2D eigenvalue weighted by atomic mass is 16.5. The number of unbranched alkanes of at least 4 members (excludes halogenated alkanes) is 9. The number of pyridine rings is 1. The van der Waals surface area contributed by atoms with Crippen molar-refractivity contribution in [3.63, 3.8) is 0 Å². The van der Waals surface area contributed by atoms with Gasteiger partial charge in [-0.1, -0.05) is 95.0 Å². The second kappa shape index (κ2) is 16.0. The number of nitrogens with one attached hydrogen (secondary N) is 1. The van der Waals surface area contributed by atoms with E-state index in [0.717, 1.165) is 18.4 Å². The van der Waals surface area contributed by atoms with Gasteiger partial charge in [-0.2, -0.15) is 4.57 Å². The molecule has 0 atom stereocenters. The number of ether oxygens (including phenoxy) is 1. The molecule has 1 amide bonds. The molecular weight excluding hydrogens is 400 g/mol. The average molecular weight is 440 g/mol. The Morgan fingerprint density at radius 1 is 0.844 bits per heavy atom. The van der Waals surface area contributed by atoms with Crippen LogP contribution >= 0.6 is 0 Å². The monoisotopic (exact) mass is 439 g/mol. The lowest BCUT2D eigenvalue weighted by molar-refractivity contribution is -0.686. The molecule has 0 aliphatic heterocycles. The Morgan fingerprint density at radius 3 is 2.19 bits per heavy atom. The number of nitrogens with zero attached hydrogens (tertiary/aromatic N) is 1. The molecule has 5 heteroatoms. The van der Waals surface area contributed by atoms with E-state index in [4.69, 9.17) is 4.74 Å². The Balaban J connectivity index is 1.58. The van der Waals surface area contributed by atoms with Crippen molar-refractivity contribution < 1.29 is 18.9 Å².